The van der Waals surface area contributed by atoms with Gasteiger partial charge in [-0.25, -0.2) is 4.39 Å². The first-order valence-corrected chi connectivity index (χ1v) is 5.92. The third-order valence-electron chi connectivity index (χ3n) is 2.68. The lowest BCUT2D eigenvalue weighted by Crippen LogP contribution is -2.18. The molecule has 0 fully saturated rings. The first-order chi connectivity index (χ1) is 8.69. The molecule has 5 nitrogen and oxygen atoms in total. The second-order valence-corrected chi connectivity index (χ2v) is 4.06. The van der Waals surface area contributed by atoms with E-state index >= 15 is 0 Å². The van der Waals surface area contributed by atoms with Gasteiger partial charge in [0.05, 0.1) is 24.6 Å². The van der Waals surface area contributed by atoms with Crippen molar-refractivity contribution in [1.82, 2.24) is 25.3 Å². The van der Waals surface area contributed by atoms with E-state index in [4.69, 9.17) is 0 Å². The minimum Gasteiger partial charge on any atom is -0.304 e. The van der Waals surface area contributed by atoms with Crippen molar-refractivity contribution >= 4 is 0 Å². The largest absolute Gasteiger partial charge is 0.304 e. The summed E-state index contributed by atoms with van der Waals surface area (Å²) in [5.74, 6) is -0.321. The SMILES string of the molecule is CCn1ncc(CNC(C)c2cncc(F)c2)n1. The Balaban J connectivity index is 1.93. The maximum atomic E-state index is 13.0. The number of aryl methyl sites for hydroxylation is 1. The van der Waals surface area contributed by atoms with Gasteiger partial charge in [-0.3, -0.25) is 4.98 Å². The molecule has 1 N–H and O–H groups in total. The van der Waals surface area contributed by atoms with E-state index in [9.17, 15) is 4.39 Å². The minimum atomic E-state index is -0.321. The van der Waals surface area contributed by atoms with Crippen molar-refractivity contribution < 1.29 is 4.39 Å². The van der Waals surface area contributed by atoms with E-state index < -0.39 is 0 Å². The van der Waals surface area contributed by atoms with Crippen LogP contribution in [0.15, 0.2) is 24.7 Å². The maximum Gasteiger partial charge on any atom is 0.141 e. The summed E-state index contributed by atoms with van der Waals surface area (Å²) >= 11 is 0. The molecule has 0 bridgehead atoms. The number of pyridine rings is 1. The van der Waals surface area contributed by atoms with Gasteiger partial charge in [0.15, 0.2) is 0 Å². The average molecular weight is 249 g/mol. The van der Waals surface area contributed by atoms with Gasteiger partial charge in [0.25, 0.3) is 0 Å². The zero-order chi connectivity index (χ0) is 13.0. The van der Waals surface area contributed by atoms with Crippen molar-refractivity contribution in [3.8, 4) is 0 Å². The third-order valence-corrected chi connectivity index (χ3v) is 2.68. The molecule has 0 amide bonds. The summed E-state index contributed by atoms with van der Waals surface area (Å²) in [5, 5.41) is 11.6. The number of aromatic nitrogens is 4. The Morgan fingerprint density at radius 1 is 1.39 bits per heavy atom. The van der Waals surface area contributed by atoms with Crippen LogP contribution in [-0.4, -0.2) is 20.0 Å². The van der Waals surface area contributed by atoms with Crippen LogP contribution in [0.5, 0.6) is 0 Å². The Morgan fingerprint density at radius 2 is 2.22 bits per heavy atom. The molecular formula is C12H16FN5. The molecule has 0 saturated heterocycles. The smallest absolute Gasteiger partial charge is 0.141 e. The van der Waals surface area contributed by atoms with Gasteiger partial charge in [-0.1, -0.05) is 0 Å². The van der Waals surface area contributed by atoms with Crippen LogP contribution in [-0.2, 0) is 13.1 Å². The Bertz CT molecular complexity index is 511. The fraction of sp³-hybridized carbons (Fsp3) is 0.417. The van der Waals surface area contributed by atoms with E-state index in [1.807, 2.05) is 13.8 Å². The molecule has 1 unspecified atom stereocenters. The van der Waals surface area contributed by atoms with Crippen LogP contribution in [0.1, 0.15) is 31.1 Å². The van der Waals surface area contributed by atoms with Crippen LogP contribution in [0.2, 0.25) is 0 Å². The molecule has 0 aliphatic rings. The minimum absolute atomic E-state index is 0.0139. The normalized spacial score (nSPS) is 12.6. The Labute approximate surface area is 105 Å². The highest BCUT2D eigenvalue weighted by atomic mass is 19.1. The van der Waals surface area contributed by atoms with E-state index in [2.05, 4.69) is 20.5 Å². The Hall–Kier alpha value is -1.82. The van der Waals surface area contributed by atoms with Crippen molar-refractivity contribution in [2.45, 2.75) is 33.0 Å². The second kappa shape index (κ2) is 5.68. The molecule has 0 spiro atoms. The molecule has 0 aliphatic carbocycles. The average Bonchev–Trinajstić information content (AvgIpc) is 2.84. The van der Waals surface area contributed by atoms with E-state index in [0.29, 0.717) is 6.54 Å². The maximum absolute atomic E-state index is 13.0. The number of hydrogen-bond acceptors (Lipinski definition) is 4. The highest BCUT2D eigenvalue weighted by molar-refractivity contribution is 5.14. The topological polar surface area (TPSA) is 55.6 Å². The quantitative estimate of drug-likeness (QED) is 0.876. The van der Waals surface area contributed by atoms with Gasteiger partial charge in [0.1, 0.15) is 5.82 Å². The van der Waals surface area contributed by atoms with Crippen molar-refractivity contribution in [2.24, 2.45) is 0 Å². The van der Waals surface area contributed by atoms with Gasteiger partial charge in [-0.05, 0) is 25.5 Å². The van der Waals surface area contributed by atoms with Crippen molar-refractivity contribution in [2.75, 3.05) is 0 Å². The van der Waals surface area contributed by atoms with Gasteiger partial charge in [-0.2, -0.15) is 15.0 Å². The molecular weight excluding hydrogens is 233 g/mol. The summed E-state index contributed by atoms with van der Waals surface area (Å²) in [6.45, 7) is 5.29. The molecule has 96 valence electrons. The third kappa shape index (κ3) is 3.10. The van der Waals surface area contributed by atoms with Gasteiger partial charge < -0.3 is 5.32 Å². The summed E-state index contributed by atoms with van der Waals surface area (Å²) in [6.07, 6.45) is 4.58. The standard InChI is InChI=1S/C12H16FN5/c1-3-18-16-8-12(17-18)7-15-9(2)10-4-11(13)6-14-5-10/h4-6,8-9,15H,3,7H2,1-2H3. The van der Waals surface area contributed by atoms with E-state index in [1.165, 1.54) is 12.3 Å². The summed E-state index contributed by atoms with van der Waals surface area (Å²) in [4.78, 5) is 5.46. The van der Waals surface area contributed by atoms with Crippen LogP contribution in [0.25, 0.3) is 0 Å². The van der Waals surface area contributed by atoms with Crippen LogP contribution in [0.3, 0.4) is 0 Å². The Morgan fingerprint density at radius 3 is 2.89 bits per heavy atom. The summed E-state index contributed by atoms with van der Waals surface area (Å²) in [7, 11) is 0. The molecule has 6 heteroatoms. The highest BCUT2D eigenvalue weighted by Gasteiger charge is 2.07. The molecule has 0 radical (unpaired) electrons. The van der Waals surface area contributed by atoms with Crippen molar-refractivity contribution in [3.63, 3.8) is 0 Å². The molecule has 2 aromatic heterocycles. The highest BCUT2D eigenvalue weighted by Crippen LogP contribution is 2.12. The molecule has 2 heterocycles. The second-order valence-electron chi connectivity index (χ2n) is 4.06. The number of halogens is 1. The Kier molecular flexibility index (Phi) is 3.99. The van der Waals surface area contributed by atoms with Crippen LogP contribution in [0, 0.1) is 5.82 Å². The molecule has 0 aliphatic heterocycles. The van der Waals surface area contributed by atoms with Crippen LogP contribution < -0.4 is 5.32 Å². The number of nitrogens with zero attached hydrogens (tertiary/aromatic N) is 4. The number of rotatable bonds is 5. The van der Waals surface area contributed by atoms with Crippen LogP contribution in [0.4, 0.5) is 4.39 Å². The first-order valence-electron chi connectivity index (χ1n) is 5.92. The fourth-order valence-electron chi connectivity index (χ4n) is 1.61. The van der Waals surface area contributed by atoms with Crippen molar-refractivity contribution in [3.05, 3.63) is 41.7 Å². The van der Waals surface area contributed by atoms with Gasteiger partial charge in [-0.15, -0.1) is 0 Å². The van der Waals surface area contributed by atoms with E-state index in [-0.39, 0.29) is 11.9 Å². The van der Waals surface area contributed by atoms with Gasteiger partial charge >= 0.3 is 0 Å². The summed E-state index contributed by atoms with van der Waals surface area (Å²) in [6, 6.07) is 1.49. The lowest BCUT2D eigenvalue weighted by molar-refractivity contribution is 0.534. The molecule has 1 atom stereocenters. The number of nitrogens with one attached hydrogen (secondary N) is 1. The predicted octanol–water partition coefficient (Wildman–Crippen LogP) is 1.68. The monoisotopic (exact) mass is 249 g/mol. The first kappa shape index (κ1) is 12.6. The van der Waals surface area contributed by atoms with Crippen molar-refractivity contribution in [1.29, 1.82) is 0 Å². The molecule has 0 saturated carbocycles. The summed E-state index contributed by atoms with van der Waals surface area (Å²) in [5.41, 5.74) is 1.69. The molecule has 2 aromatic rings. The van der Waals surface area contributed by atoms with Gasteiger partial charge in [0, 0.05) is 18.8 Å². The van der Waals surface area contributed by atoms with E-state index in [1.54, 1.807) is 17.2 Å². The zero-order valence-electron chi connectivity index (χ0n) is 10.5. The summed E-state index contributed by atoms with van der Waals surface area (Å²) < 4.78 is 13.0. The van der Waals surface area contributed by atoms with Gasteiger partial charge in [0.2, 0.25) is 0 Å². The predicted molar refractivity (Wildman–Crippen MR) is 65.1 cm³/mol. The number of hydrogen-bond donors (Lipinski definition) is 1. The van der Waals surface area contributed by atoms with Crippen LogP contribution >= 0.6 is 0 Å². The molecule has 2 rings (SSSR count). The molecule has 0 aromatic carbocycles. The lowest BCUT2D eigenvalue weighted by atomic mass is 10.1. The fourth-order valence-corrected chi connectivity index (χ4v) is 1.61. The molecule has 18 heavy (non-hydrogen) atoms. The lowest BCUT2D eigenvalue weighted by Gasteiger charge is -2.12. The van der Waals surface area contributed by atoms with E-state index in [0.717, 1.165) is 17.8 Å². The zero-order valence-corrected chi connectivity index (χ0v) is 10.5.